The number of rotatable bonds is 3. The summed E-state index contributed by atoms with van der Waals surface area (Å²) >= 11 is 1.82. The van der Waals surface area contributed by atoms with E-state index in [-0.39, 0.29) is 0 Å². The van der Waals surface area contributed by atoms with Crippen LogP contribution in [0, 0.1) is 5.41 Å². The Morgan fingerprint density at radius 3 is 2.76 bits per heavy atom. The first-order chi connectivity index (χ1) is 8.11. The summed E-state index contributed by atoms with van der Waals surface area (Å²) in [5.74, 6) is 0. The van der Waals surface area contributed by atoms with E-state index in [4.69, 9.17) is 0 Å². The molecule has 1 aromatic carbocycles. The van der Waals surface area contributed by atoms with Gasteiger partial charge in [-0.1, -0.05) is 32.4 Å². The number of nitrogens with one attached hydrogen (secondary N) is 1. The van der Waals surface area contributed by atoms with Crippen molar-refractivity contribution in [1.82, 2.24) is 0 Å². The van der Waals surface area contributed by atoms with E-state index in [1.165, 1.54) is 36.3 Å². The predicted octanol–water partition coefficient (Wildman–Crippen LogP) is 4.79. The topological polar surface area (TPSA) is 12.0 Å². The van der Waals surface area contributed by atoms with Crippen molar-refractivity contribution in [2.24, 2.45) is 5.41 Å². The van der Waals surface area contributed by atoms with Gasteiger partial charge in [0.2, 0.25) is 0 Å². The number of hydrogen-bond acceptors (Lipinski definition) is 2. The summed E-state index contributed by atoms with van der Waals surface area (Å²) in [6.45, 7) is 4.78. The summed E-state index contributed by atoms with van der Waals surface area (Å²) in [5.41, 5.74) is 1.81. The minimum atomic E-state index is 0.504. The Kier molecular flexibility index (Phi) is 4.03. The summed E-state index contributed by atoms with van der Waals surface area (Å²) in [6, 6.07) is 9.28. The third-order valence-corrected chi connectivity index (χ3v) is 4.47. The summed E-state index contributed by atoms with van der Waals surface area (Å²) in [7, 11) is 0. The van der Waals surface area contributed by atoms with Crippen LogP contribution in [0.15, 0.2) is 29.2 Å². The van der Waals surface area contributed by atoms with Crippen LogP contribution in [0.3, 0.4) is 0 Å². The van der Waals surface area contributed by atoms with Gasteiger partial charge in [-0.05, 0) is 43.1 Å². The Morgan fingerprint density at radius 2 is 2.06 bits per heavy atom. The Hall–Kier alpha value is -0.630. The van der Waals surface area contributed by atoms with Crippen molar-refractivity contribution < 1.29 is 0 Å². The van der Waals surface area contributed by atoms with Crippen molar-refractivity contribution in [2.75, 3.05) is 11.6 Å². The SMILES string of the molecule is CSc1ccccc1NC1CCCC(C)(C)C1. The Balaban J connectivity index is 2.05. The van der Waals surface area contributed by atoms with E-state index >= 15 is 0 Å². The Morgan fingerprint density at radius 1 is 1.29 bits per heavy atom. The van der Waals surface area contributed by atoms with Crippen LogP contribution >= 0.6 is 11.8 Å². The van der Waals surface area contributed by atoms with Gasteiger partial charge < -0.3 is 5.32 Å². The Labute approximate surface area is 109 Å². The fraction of sp³-hybridized carbons (Fsp3) is 0.600. The smallest absolute Gasteiger partial charge is 0.0480 e. The highest BCUT2D eigenvalue weighted by molar-refractivity contribution is 7.98. The second-order valence-corrected chi connectivity index (χ2v) is 6.65. The zero-order valence-corrected chi connectivity index (χ0v) is 11.9. The van der Waals surface area contributed by atoms with Crippen molar-refractivity contribution in [3.63, 3.8) is 0 Å². The van der Waals surface area contributed by atoms with E-state index in [1.807, 2.05) is 11.8 Å². The van der Waals surface area contributed by atoms with Gasteiger partial charge in [0.15, 0.2) is 0 Å². The zero-order valence-electron chi connectivity index (χ0n) is 11.1. The molecule has 0 bridgehead atoms. The lowest BCUT2D eigenvalue weighted by molar-refractivity contribution is 0.229. The molecule has 0 radical (unpaired) electrons. The molecule has 0 aliphatic heterocycles. The van der Waals surface area contributed by atoms with Gasteiger partial charge in [-0.2, -0.15) is 0 Å². The molecule has 1 aliphatic carbocycles. The molecule has 94 valence electrons. The molecule has 0 spiro atoms. The summed E-state index contributed by atoms with van der Waals surface area (Å²) in [4.78, 5) is 1.36. The highest BCUT2D eigenvalue weighted by Crippen LogP contribution is 2.37. The van der Waals surface area contributed by atoms with Crippen LogP contribution < -0.4 is 5.32 Å². The highest BCUT2D eigenvalue weighted by Gasteiger charge is 2.27. The van der Waals surface area contributed by atoms with Gasteiger partial charge in [-0.3, -0.25) is 0 Å². The number of para-hydroxylation sites is 1. The first-order valence-electron chi connectivity index (χ1n) is 6.50. The summed E-state index contributed by atoms with van der Waals surface area (Å²) < 4.78 is 0. The van der Waals surface area contributed by atoms with Gasteiger partial charge in [0.1, 0.15) is 0 Å². The third-order valence-electron chi connectivity index (χ3n) is 3.67. The van der Waals surface area contributed by atoms with Crippen molar-refractivity contribution in [1.29, 1.82) is 0 Å². The minimum Gasteiger partial charge on any atom is -0.381 e. The van der Waals surface area contributed by atoms with Crippen LogP contribution in [0.5, 0.6) is 0 Å². The van der Waals surface area contributed by atoms with E-state index in [0.29, 0.717) is 11.5 Å². The molecular formula is C15H23NS. The average molecular weight is 249 g/mol. The van der Waals surface area contributed by atoms with Gasteiger partial charge in [0.05, 0.1) is 0 Å². The van der Waals surface area contributed by atoms with Gasteiger partial charge in [0, 0.05) is 16.6 Å². The van der Waals surface area contributed by atoms with E-state index < -0.39 is 0 Å². The summed E-state index contributed by atoms with van der Waals surface area (Å²) in [5, 5.41) is 3.74. The van der Waals surface area contributed by atoms with E-state index in [9.17, 15) is 0 Å². The average Bonchev–Trinajstić information content (AvgIpc) is 2.28. The van der Waals surface area contributed by atoms with Gasteiger partial charge >= 0.3 is 0 Å². The normalized spacial score (nSPS) is 23.4. The van der Waals surface area contributed by atoms with Crippen LogP contribution in [0.2, 0.25) is 0 Å². The largest absolute Gasteiger partial charge is 0.381 e. The number of benzene rings is 1. The predicted molar refractivity (Wildman–Crippen MR) is 77.9 cm³/mol. The van der Waals surface area contributed by atoms with Crippen LogP contribution in [-0.2, 0) is 0 Å². The zero-order chi connectivity index (χ0) is 12.3. The lowest BCUT2D eigenvalue weighted by Crippen LogP contribution is -2.31. The van der Waals surface area contributed by atoms with E-state index in [0.717, 1.165) is 0 Å². The van der Waals surface area contributed by atoms with Crippen LogP contribution in [0.25, 0.3) is 0 Å². The Bertz CT molecular complexity index is 373. The second kappa shape index (κ2) is 5.34. The van der Waals surface area contributed by atoms with Crippen LogP contribution in [-0.4, -0.2) is 12.3 Å². The fourth-order valence-electron chi connectivity index (χ4n) is 2.81. The quantitative estimate of drug-likeness (QED) is 0.773. The minimum absolute atomic E-state index is 0.504. The number of hydrogen-bond donors (Lipinski definition) is 1. The molecule has 1 fully saturated rings. The molecule has 0 aromatic heterocycles. The molecular weight excluding hydrogens is 226 g/mol. The number of thioether (sulfide) groups is 1. The first-order valence-corrected chi connectivity index (χ1v) is 7.73. The molecule has 2 heteroatoms. The lowest BCUT2D eigenvalue weighted by Gasteiger charge is -2.36. The molecule has 2 rings (SSSR count). The molecule has 0 heterocycles. The lowest BCUT2D eigenvalue weighted by atomic mass is 9.75. The van der Waals surface area contributed by atoms with Gasteiger partial charge in [-0.15, -0.1) is 11.8 Å². The molecule has 1 N–H and O–H groups in total. The molecule has 0 saturated heterocycles. The molecule has 1 nitrogen and oxygen atoms in total. The molecule has 1 saturated carbocycles. The standard InChI is InChI=1S/C15H23NS/c1-15(2)10-6-7-12(11-15)16-13-8-4-5-9-14(13)17-3/h4-5,8-9,12,16H,6-7,10-11H2,1-3H3. The van der Waals surface area contributed by atoms with E-state index in [2.05, 4.69) is 49.7 Å². The van der Waals surface area contributed by atoms with Crippen LogP contribution in [0.4, 0.5) is 5.69 Å². The van der Waals surface area contributed by atoms with Crippen molar-refractivity contribution in [2.45, 2.75) is 50.5 Å². The monoisotopic (exact) mass is 249 g/mol. The fourth-order valence-corrected chi connectivity index (χ4v) is 3.37. The summed E-state index contributed by atoms with van der Waals surface area (Å²) in [6.07, 6.45) is 7.47. The highest BCUT2D eigenvalue weighted by atomic mass is 32.2. The van der Waals surface area contributed by atoms with E-state index in [1.54, 1.807) is 0 Å². The van der Waals surface area contributed by atoms with Gasteiger partial charge in [-0.25, -0.2) is 0 Å². The molecule has 1 atom stereocenters. The molecule has 1 unspecified atom stereocenters. The molecule has 1 aromatic rings. The van der Waals surface area contributed by atoms with Crippen molar-refractivity contribution in [3.8, 4) is 0 Å². The molecule has 0 amide bonds. The maximum atomic E-state index is 3.74. The van der Waals surface area contributed by atoms with Crippen molar-refractivity contribution >= 4 is 17.4 Å². The maximum absolute atomic E-state index is 3.74. The number of anilines is 1. The second-order valence-electron chi connectivity index (χ2n) is 5.80. The molecule has 17 heavy (non-hydrogen) atoms. The third kappa shape index (κ3) is 3.41. The molecule has 1 aliphatic rings. The first kappa shape index (κ1) is 12.8. The van der Waals surface area contributed by atoms with Crippen LogP contribution in [0.1, 0.15) is 39.5 Å². The maximum Gasteiger partial charge on any atom is 0.0480 e. The van der Waals surface area contributed by atoms with Crippen molar-refractivity contribution in [3.05, 3.63) is 24.3 Å². The van der Waals surface area contributed by atoms with Gasteiger partial charge in [0.25, 0.3) is 0 Å².